The second-order valence-electron chi connectivity index (χ2n) is 4.89. The van der Waals surface area contributed by atoms with Crippen LogP contribution in [0.2, 0.25) is 5.02 Å². The zero-order chi connectivity index (χ0) is 16.0. The fourth-order valence-corrected chi connectivity index (χ4v) is 4.95. The van der Waals surface area contributed by atoms with Crippen molar-refractivity contribution in [2.24, 2.45) is 0 Å². The topological polar surface area (TPSA) is 87.7 Å². The van der Waals surface area contributed by atoms with Gasteiger partial charge in [0.1, 0.15) is 0 Å². The van der Waals surface area contributed by atoms with Crippen LogP contribution >= 0.6 is 11.6 Å². The zero-order valence-electron chi connectivity index (χ0n) is 11.4. The van der Waals surface area contributed by atoms with Crippen LogP contribution in [0.25, 0.3) is 21.9 Å². The first kappa shape index (κ1) is 14.7. The molecule has 0 aliphatic carbocycles. The first-order chi connectivity index (χ1) is 11.0. The number of aromatic nitrogens is 3. The number of hydrogen-bond donors (Lipinski definition) is 2. The number of anilines is 1. The second kappa shape index (κ2) is 5.35. The van der Waals surface area contributed by atoms with Gasteiger partial charge in [-0.05, 0) is 0 Å². The molecule has 6 nitrogen and oxygen atoms in total. The maximum absolute atomic E-state index is 12.7. The number of nitrogens with zero attached hydrogens (tertiary/aromatic N) is 2. The van der Waals surface area contributed by atoms with Crippen LogP contribution in [0.3, 0.4) is 0 Å². The SMILES string of the molecule is O=S(=O)(Nc1cccc2n[se]nc12)c1c[nH]c2cc(Cl)ccc12. The fraction of sp³-hybridized carbons (Fsp3) is 0. The summed E-state index contributed by atoms with van der Waals surface area (Å²) in [6.45, 7) is 0. The van der Waals surface area contributed by atoms with Gasteiger partial charge in [-0.1, -0.05) is 0 Å². The normalized spacial score (nSPS) is 12.0. The van der Waals surface area contributed by atoms with Gasteiger partial charge in [-0.3, -0.25) is 0 Å². The Bertz CT molecular complexity index is 1140. The van der Waals surface area contributed by atoms with Gasteiger partial charge in [-0.15, -0.1) is 0 Å². The van der Waals surface area contributed by atoms with E-state index in [9.17, 15) is 8.42 Å². The van der Waals surface area contributed by atoms with E-state index in [-0.39, 0.29) is 19.9 Å². The Morgan fingerprint density at radius 1 is 1.17 bits per heavy atom. The van der Waals surface area contributed by atoms with Crippen molar-refractivity contribution < 1.29 is 8.42 Å². The van der Waals surface area contributed by atoms with E-state index in [4.69, 9.17) is 11.6 Å². The van der Waals surface area contributed by atoms with Crippen LogP contribution in [0.1, 0.15) is 0 Å². The summed E-state index contributed by atoms with van der Waals surface area (Å²) in [4.78, 5) is 3.10. The molecule has 0 amide bonds. The summed E-state index contributed by atoms with van der Waals surface area (Å²) in [6, 6.07) is 10.3. The summed E-state index contributed by atoms with van der Waals surface area (Å²) in [5, 5.41) is 1.13. The molecule has 0 atom stereocenters. The predicted octanol–water partition coefficient (Wildman–Crippen LogP) is 2.62. The number of benzene rings is 2. The van der Waals surface area contributed by atoms with Crippen LogP contribution < -0.4 is 4.72 Å². The molecule has 0 aliphatic heterocycles. The Kier molecular flexibility index (Phi) is 3.42. The first-order valence-electron chi connectivity index (χ1n) is 6.55. The Labute approximate surface area is 142 Å². The van der Waals surface area contributed by atoms with Crippen molar-refractivity contribution in [2.75, 3.05) is 4.72 Å². The molecular formula is C14H9ClN4O2SSe. The molecular weight excluding hydrogens is 403 g/mol. The van der Waals surface area contributed by atoms with E-state index in [0.717, 1.165) is 5.52 Å². The molecule has 0 saturated heterocycles. The average Bonchev–Trinajstić information content (AvgIpc) is 3.13. The van der Waals surface area contributed by atoms with Gasteiger partial charge in [0.2, 0.25) is 0 Å². The van der Waals surface area contributed by atoms with Crippen LogP contribution in [0.4, 0.5) is 5.69 Å². The molecule has 2 aromatic heterocycles. The van der Waals surface area contributed by atoms with E-state index in [1.807, 2.05) is 6.07 Å². The van der Waals surface area contributed by atoms with Crippen molar-refractivity contribution in [3.8, 4) is 0 Å². The Hall–Kier alpha value is -1.86. The molecule has 0 aliphatic rings. The fourth-order valence-electron chi connectivity index (χ4n) is 2.38. The second-order valence-corrected chi connectivity index (χ2v) is 8.08. The molecule has 23 heavy (non-hydrogen) atoms. The van der Waals surface area contributed by atoms with Gasteiger partial charge >= 0.3 is 143 Å². The first-order valence-corrected chi connectivity index (χ1v) is 9.95. The summed E-state index contributed by atoms with van der Waals surface area (Å²) >= 11 is 5.71. The molecule has 4 aromatic rings. The van der Waals surface area contributed by atoms with Crippen LogP contribution in [0.15, 0.2) is 47.5 Å². The molecule has 2 heterocycles. The van der Waals surface area contributed by atoms with Gasteiger partial charge in [-0.2, -0.15) is 0 Å². The third kappa shape index (κ3) is 2.53. The van der Waals surface area contributed by atoms with Gasteiger partial charge in [0, 0.05) is 0 Å². The Morgan fingerprint density at radius 2 is 2.04 bits per heavy atom. The monoisotopic (exact) mass is 412 g/mol. The number of H-pyrrole nitrogens is 1. The molecule has 0 saturated carbocycles. The van der Waals surface area contributed by atoms with Crippen molar-refractivity contribution in [3.05, 3.63) is 47.6 Å². The molecule has 0 fully saturated rings. The number of hydrogen-bond acceptors (Lipinski definition) is 4. The Morgan fingerprint density at radius 3 is 2.91 bits per heavy atom. The molecule has 2 aromatic carbocycles. The van der Waals surface area contributed by atoms with Crippen molar-refractivity contribution in [1.29, 1.82) is 0 Å². The third-order valence-electron chi connectivity index (χ3n) is 3.43. The molecule has 2 N–H and O–H groups in total. The van der Waals surface area contributed by atoms with Crippen molar-refractivity contribution in [2.45, 2.75) is 4.90 Å². The van der Waals surface area contributed by atoms with Gasteiger partial charge < -0.3 is 0 Å². The van der Waals surface area contributed by atoms with E-state index in [0.29, 0.717) is 27.1 Å². The van der Waals surface area contributed by atoms with Gasteiger partial charge in [0.25, 0.3) is 0 Å². The van der Waals surface area contributed by atoms with Crippen LogP contribution in [0, 0.1) is 0 Å². The van der Waals surface area contributed by atoms with Crippen molar-refractivity contribution in [1.82, 2.24) is 12.9 Å². The number of sulfonamides is 1. The average molecular weight is 412 g/mol. The molecule has 4 rings (SSSR count). The number of rotatable bonds is 3. The van der Waals surface area contributed by atoms with E-state index in [1.165, 1.54) is 6.20 Å². The minimum atomic E-state index is -3.75. The molecule has 0 spiro atoms. The molecule has 0 bridgehead atoms. The predicted molar refractivity (Wildman–Crippen MR) is 90.6 cm³/mol. The molecule has 9 heteroatoms. The van der Waals surface area contributed by atoms with Crippen LogP contribution in [-0.2, 0) is 10.0 Å². The molecule has 0 radical (unpaired) electrons. The van der Waals surface area contributed by atoms with E-state index < -0.39 is 10.0 Å². The summed E-state index contributed by atoms with van der Waals surface area (Å²) < 4.78 is 36.6. The molecule has 116 valence electrons. The summed E-state index contributed by atoms with van der Waals surface area (Å²) in [6.07, 6.45) is 1.46. The third-order valence-corrected chi connectivity index (χ3v) is 6.20. The van der Waals surface area contributed by atoms with Crippen LogP contribution in [-0.4, -0.2) is 36.3 Å². The number of aromatic amines is 1. The van der Waals surface area contributed by atoms with E-state index in [1.54, 1.807) is 30.3 Å². The maximum atomic E-state index is 12.7. The zero-order valence-corrected chi connectivity index (χ0v) is 14.7. The quantitative estimate of drug-likeness (QED) is 0.507. The number of fused-ring (bicyclic) bond motifs is 2. The summed E-state index contributed by atoms with van der Waals surface area (Å²) in [5.41, 5.74) is 2.42. The standard InChI is InChI=1S/C14H9ClN4O2SSe/c15-8-4-5-9-12(6-8)16-7-13(9)22(20,21)17-10-2-1-3-11-14(10)19-23-18-11/h1-7,16-17H. The van der Waals surface area contributed by atoms with Crippen LogP contribution in [0.5, 0.6) is 0 Å². The van der Waals surface area contributed by atoms with Gasteiger partial charge in [0.15, 0.2) is 0 Å². The molecule has 0 unspecified atom stereocenters. The summed E-state index contributed by atoms with van der Waals surface area (Å²) in [7, 11) is -3.75. The van der Waals surface area contributed by atoms with Gasteiger partial charge in [-0.25, -0.2) is 0 Å². The minimum absolute atomic E-state index is 0.169. The number of halogens is 1. The van der Waals surface area contributed by atoms with Crippen molar-refractivity contribution >= 4 is 64.2 Å². The Balaban J connectivity index is 1.82. The number of nitrogens with one attached hydrogen (secondary N) is 2. The van der Waals surface area contributed by atoms with E-state index in [2.05, 4.69) is 17.7 Å². The van der Waals surface area contributed by atoms with Crippen molar-refractivity contribution in [3.63, 3.8) is 0 Å². The summed E-state index contributed by atoms with van der Waals surface area (Å²) in [5.74, 6) is 0. The van der Waals surface area contributed by atoms with Gasteiger partial charge in [0.05, 0.1) is 0 Å². The van der Waals surface area contributed by atoms with E-state index >= 15 is 0 Å².